The molecule has 2 heterocycles. The summed E-state index contributed by atoms with van der Waals surface area (Å²) in [6.45, 7) is 4.17. The van der Waals surface area contributed by atoms with E-state index in [9.17, 15) is 13.2 Å². The van der Waals surface area contributed by atoms with Crippen LogP contribution in [0.4, 0.5) is 0 Å². The van der Waals surface area contributed by atoms with Crippen LogP contribution in [0, 0.1) is 11.3 Å². The van der Waals surface area contributed by atoms with Gasteiger partial charge in [-0.2, -0.15) is 17.8 Å². The number of benzene rings is 1. The van der Waals surface area contributed by atoms with E-state index < -0.39 is 16.0 Å². The largest absolute Gasteiger partial charge is 0.493 e. The molecule has 2 aliphatic rings. The van der Waals surface area contributed by atoms with Crippen LogP contribution < -0.4 is 8.92 Å². The van der Waals surface area contributed by atoms with Crippen molar-refractivity contribution in [3.63, 3.8) is 0 Å². The molecule has 0 aromatic heterocycles. The summed E-state index contributed by atoms with van der Waals surface area (Å²) in [5.74, 6) is 0.814. The van der Waals surface area contributed by atoms with E-state index in [0.717, 1.165) is 24.0 Å². The summed E-state index contributed by atoms with van der Waals surface area (Å²) in [6, 6.07) is 3.08. The van der Waals surface area contributed by atoms with Crippen LogP contribution in [0.25, 0.3) is 6.08 Å². The molecule has 1 N–H and O–H groups in total. The highest BCUT2D eigenvalue weighted by Crippen LogP contribution is 2.39. The fourth-order valence-corrected chi connectivity index (χ4v) is 5.47. The van der Waals surface area contributed by atoms with E-state index in [2.05, 4.69) is 39.2 Å². The lowest BCUT2D eigenvalue weighted by molar-refractivity contribution is -0.114. The molecule has 0 aliphatic carbocycles. The number of amides is 1. The predicted molar refractivity (Wildman–Crippen MR) is 128 cm³/mol. The molecule has 0 bridgehead atoms. The number of hydrogen-bond donors (Lipinski definition) is 1. The Morgan fingerprint density at radius 1 is 1.39 bits per heavy atom. The van der Waals surface area contributed by atoms with Crippen molar-refractivity contribution >= 4 is 77.9 Å². The van der Waals surface area contributed by atoms with Gasteiger partial charge in [0.25, 0.3) is 5.91 Å². The van der Waals surface area contributed by atoms with E-state index in [4.69, 9.17) is 14.3 Å². The van der Waals surface area contributed by atoms with Crippen LogP contribution in [0.15, 0.2) is 31.6 Å². The first-order valence-corrected chi connectivity index (χ1v) is 13.3. The maximum atomic E-state index is 12.6. The van der Waals surface area contributed by atoms with E-state index in [1.165, 1.54) is 31.0 Å². The molecule has 0 atom stereocenters. The van der Waals surface area contributed by atoms with Crippen LogP contribution in [0.1, 0.15) is 19.4 Å². The van der Waals surface area contributed by atoms with Gasteiger partial charge >= 0.3 is 10.1 Å². The number of rotatable bonds is 6. The minimum atomic E-state index is -3.77. The van der Waals surface area contributed by atoms with Gasteiger partial charge in [0, 0.05) is 5.75 Å². The van der Waals surface area contributed by atoms with E-state index in [0.29, 0.717) is 26.3 Å². The van der Waals surface area contributed by atoms with Crippen LogP contribution >= 0.6 is 39.6 Å². The molecule has 1 amide bonds. The molecule has 1 aromatic carbocycles. The van der Waals surface area contributed by atoms with Gasteiger partial charge in [0.15, 0.2) is 16.7 Å². The van der Waals surface area contributed by atoms with Crippen LogP contribution in [-0.2, 0) is 14.9 Å². The standard InChI is InChI=1S/C18H19BrN4O5S3/c1-9(2)8-29-18-22-30-17-21-16(24)11(15(20)23(17)18)5-10-6-12(19)14(13(7-10)27-3)28-31(4,25)26/h5-7,9,20H,8H2,1-4H3/b11-5-,20-15?. The maximum absolute atomic E-state index is 12.6. The second-order valence-electron chi connectivity index (χ2n) is 6.93. The number of thioether (sulfide) groups is 1. The van der Waals surface area contributed by atoms with Crippen LogP contribution in [0.5, 0.6) is 11.5 Å². The Kier molecular flexibility index (Phi) is 7.18. The first-order chi connectivity index (χ1) is 14.5. The Bertz CT molecular complexity index is 1150. The third-order valence-corrected chi connectivity index (χ3v) is 7.08. The van der Waals surface area contributed by atoms with Gasteiger partial charge in [-0.3, -0.25) is 10.2 Å². The van der Waals surface area contributed by atoms with Gasteiger partial charge in [0.1, 0.15) is 5.84 Å². The molecule has 0 saturated carbocycles. The zero-order valence-corrected chi connectivity index (χ0v) is 21.0. The minimum absolute atomic E-state index is 0.00653. The lowest BCUT2D eigenvalue weighted by atomic mass is 10.1. The SMILES string of the molecule is COc1cc(/C=C2/C(=N)N3C(SCC(C)C)=NSC3=NC2=O)cc(Br)c1OS(C)(=O)=O. The Balaban J connectivity index is 1.96. The second-order valence-corrected chi connectivity index (χ2v) is 11.1. The second kappa shape index (κ2) is 9.35. The summed E-state index contributed by atoms with van der Waals surface area (Å²) in [6.07, 6.45) is 2.42. The molecule has 0 fully saturated rings. The van der Waals surface area contributed by atoms with Crippen molar-refractivity contribution in [2.24, 2.45) is 15.3 Å². The van der Waals surface area contributed by atoms with Crippen molar-refractivity contribution in [3.05, 3.63) is 27.7 Å². The normalized spacial score (nSPS) is 17.7. The number of nitrogens with zero attached hydrogens (tertiary/aromatic N) is 3. The average Bonchev–Trinajstić information content (AvgIpc) is 3.07. The van der Waals surface area contributed by atoms with Crippen LogP contribution in [0.2, 0.25) is 0 Å². The first kappa shape index (κ1) is 23.8. The van der Waals surface area contributed by atoms with Crippen molar-refractivity contribution in [1.82, 2.24) is 4.90 Å². The number of amidine groups is 3. The first-order valence-electron chi connectivity index (χ1n) is 8.88. The molecule has 9 nitrogen and oxygen atoms in total. The zero-order valence-electron chi connectivity index (χ0n) is 17.0. The third-order valence-electron chi connectivity index (χ3n) is 3.84. The van der Waals surface area contributed by atoms with Crippen molar-refractivity contribution in [3.8, 4) is 11.5 Å². The van der Waals surface area contributed by atoms with Crippen LogP contribution in [0.3, 0.4) is 0 Å². The molecule has 2 aliphatic heterocycles. The fourth-order valence-electron chi connectivity index (χ4n) is 2.56. The molecule has 166 valence electrons. The smallest absolute Gasteiger partial charge is 0.306 e. The lowest BCUT2D eigenvalue weighted by Crippen LogP contribution is -2.41. The predicted octanol–water partition coefficient (Wildman–Crippen LogP) is 3.76. The summed E-state index contributed by atoms with van der Waals surface area (Å²) in [4.78, 5) is 18.2. The van der Waals surface area contributed by atoms with Crippen molar-refractivity contribution in [1.29, 1.82) is 5.41 Å². The van der Waals surface area contributed by atoms with Gasteiger partial charge in [-0.1, -0.05) is 25.6 Å². The number of fused-ring (bicyclic) bond motifs is 1. The van der Waals surface area contributed by atoms with Gasteiger partial charge < -0.3 is 8.92 Å². The molecule has 0 radical (unpaired) electrons. The number of nitrogens with one attached hydrogen (secondary N) is 1. The number of carbonyl (C=O) groups excluding carboxylic acids is 1. The highest BCUT2D eigenvalue weighted by molar-refractivity contribution is 9.10. The summed E-state index contributed by atoms with van der Waals surface area (Å²) in [7, 11) is -2.40. The van der Waals surface area contributed by atoms with Gasteiger partial charge in [-0.15, -0.1) is 0 Å². The molecule has 0 saturated heterocycles. The highest BCUT2D eigenvalue weighted by Gasteiger charge is 2.37. The number of hydrogen-bond acceptors (Lipinski definition) is 9. The number of carbonyl (C=O) groups is 1. The van der Waals surface area contributed by atoms with E-state index >= 15 is 0 Å². The molecular formula is C18H19BrN4O5S3. The molecular weight excluding hydrogens is 528 g/mol. The Morgan fingerprint density at radius 3 is 2.71 bits per heavy atom. The Labute approximate surface area is 197 Å². The lowest BCUT2D eigenvalue weighted by Gasteiger charge is -2.24. The average molecular weight is 547 g/mol. The van der Waals surface area contributed by atoms with Crippen LogP contribution in [-0.4, -0.2) is 54.5 Å². The molecule has 0 spiro atoms. The van der Waals surface area contributed by atoms with E-state index in [1.54, 1.807) is 11.0 Å². The Morgan fingerprint density at radius 2 is 2.10 bits per heavy atom. The zero-order chi connectivity index (χ0) is 22.9. The summed E-state index contributed by atoms with van der Waals surface area (Å²) >= 11 is 5.85. The monoisotopic (exact) mass is 546 g/mol. The molecule has 13 heteroatoms. The summed E-state index contributed by atoms with van der Waals surface area (Å²) < 4.78 is 37.9. The minimum Gasteiger partial charge on any atom is -0.493 e. The highest BCUT2D eigenvalue weighted by atomic mass is 79.9. The number of aliphatic imine (C=N–C) groups is 1. The summed E-state index contributed by atoms with van der Waals surface area (Å²) in [5.41, 5.74) is 0.575. The summed E-state index contributed by atoms with van der Waals surface area (Å²) in [5, 5.41) is 9.55. The Hall–Kier alpha value is -1.83. The molecule has 0 unspecified atom stereocenters. The molecule has 1 aromatic rings. The van der Waals surface area contributed by atoms with Crippen molar-refractivity contribution in [2.75, 3.05) is 19.1 Å². The quantitative estimate of drug-likeness (QED) is 0.325. The van der Waals surface area contributed by atoms with E-state index in [1.807, 2.05) is 0 Å². The number of methoxy groups -OCH3 is 1. The maximum Gasteiger partial charge on any atom is 0.306 e. The van der Waals surface area contributed by atoms with Crippen molar-refractivity contribution < 1.29 is 22.1 Å². The molecule has 3 rings (SSSR count). The van der Waals surface area contributed by atoms with Gasteiger partial charge in [0.2, 0.25) is 5.17 Å². The van der Waals surface area contributed by atoms with E-state index in [-0.39, 0.29) is 22.9 Å². The fraction of sp³-hybridized carbons (Fsp3) is 0.333. The topological polar surface area (TPSA) is 121 Å². The van der Waals surface area contributed by atoms with Gasteiger partial charge in [-0.05, 0) is 45.6 Å². The van der Waals surface area contributed by atoms with Crippen molar-refractivity contribution in [2.45, 2.75) is 13.8 Å². The molecule has 31 heavy (non-hydrogen) atoms. The number of ether oxygens (including phenoxy) is 1. The third kappa shape index (κ3) is 5.51. The van der Waals surface area contributed by atoms with Gasteiger partial charge in [0.05, 0.1) is 35.4 Å². The van der Waals surface area contributed by atoms with Gasteiger partial charge in [-0.25, -0.2) is 4.90 Å². The number of halogens is 1.